The number of ether oxygens (including phenoxy) is 1. The van der Waals surface area contributed by atoms with Crippen LogP contribution in [0.4, 0.5) is 5.69 Å². The van der Waals surface area contributed by atoms with E-state index >= 15 is 0 Å². The van der Waals surface area contributed by atoms with Crippen LogP contribution in [-0.4, -0.2) is 33.9 Å². The van der Waals surface area contributed by atoms with E-state index in [4.69, 9.17) is 4.74 Å². The highest BCUT2D eigenvalue weighted by Crippen LogP contribution is 2.13. The summed E-state index contributed by atoms with van der Waals surface area (Å²) in [5.74, 6) is -2.83. The van der Waals surface area contributed by atoms with Crippen molar-refractivity contribution in [1.29, 1.82) is 0 Å². The number of nitrogens with one attached hydrogen (secondary N) is 1. The van der Waals surface area contributed by atoms with Gasteiger partial charge in [0.25, 0.3) is 5.69 Å². The lowest BCUT2D eigenvalue weighted by atomic mass is 10.1. The molecule has 0 spiro atoms. The van der Waals surface area contributed by atoms with E-state index in [-0.39, 0.29) is 18.7 Å². The van der Waals surface area contributed by atoms with Crippen LogP contribution in [0.5, 0.6) is 0 Å². The van der Waals surface area contributed by atoms with E-state index in [2.05, 4.69) is 5.32 Å². The summed E-state index contributed by atoms with van der Waals surface area (Å²) in [4.78, 5) is 45.5. The summed E-state index contributed by atoms with van der Waals surface area (Å²) < 4.78 is 5.02. The molecular weight excluding hydrogens is 368 g/mol. The van der Waals surface area contributed by atoms with E-state index in [1.54, 1.807) is 24.3 Å². The number of rotatable bonds is 9. The van der Waals surface area contributed by atoms with Crippen molar-refractivity contribution in [1.82, 2.24) is 5.32 Å². The Balaban J connectivity index is 1.90. The van der Waals surface area contributed by atoms with Gasteiger partial charge in [0.15, 0.2) is 0 Å². The predicted octanol–water partition coefficient (Wildman–Crippen LogP) is 1.84. The number of amides is 1. The Morgan fingerprint density at radius 1 is 1.07 bits per heavy atom. The highest BCUT2D eigenvalue weighted by Gasteiger charge is 2.24. The molecule has 9 heteroatoms. The first-order valence-electron chi connectivity index (χ1n) is 8.30. The Labute approximate surface area is 160 Å². The van der Waals surface area contributed by atoms with Gasteiger partial charge in [0.1, 0.15) is 12.6 Å². The van der Waals surface area contributed by atoms with Crippen LogP contribution >= 0.6 is 0 Å². The molecule has 1 amide bonds. The molecule has 0 saturated carbocycles. The summed E-state index contributed by atoms with van der Waals surface area (Å²) in [5.41, 5.74) is 0.921. The minimum Gasteiger partial charge on any atom is -0.480 e. The van der Waals surface area contributed by atoms with Crippen LogP contribution < -0.4 is 5.32 Å². The monoisotopic (exact) mass is 386 g/mol. The summed E-state index contributed by atoms with van der Waals surface area (Å²) >= 11 is 0. The van der Waals surface area contributed by atoms with Crippen molar-refractivity contribution in [3.05, 3.63) is 75.8 Å². The average molecular weight is 386 g/mol. The smallest absolute Gasteiger partial charge is 0.326 e. The SMILES string of the molecule is O=C(Cc1cccc([N+](=O)[O-])c1)N[C@@H](CC(=O)OCc1ccccc1)C(=O)O. The summed E-state index contributed by atoms with van der Waals surface area (Å²) in [6, 6.07) is 12.8. The fourth-order valence-electron chi connectivity index (χ4n) is 2.37. The van der Waals surface area contributed by atoms with E-state index in [9.17, 15) is 29.6 Å². The molecule has 0 aliphatic rings. The molecule has 0 aromatic heterocycles. The highest BCUT2D eigenvalue weighted by atomic mass is 16.6. The zero-order valence-corrected chi connectivity index (χ0v) is 14.7. The third-order valence-electron chi connectivity index (χ3n) is 3.73. The molecule has 2 rings (SSSR count). The molecule has 1 atom stereocenters. The molecule has 0 heterocycles. The van der Waals surface area contributed by atoms with E-state index in [1.807, 2.05) is 6.07 Å². The fraction of sp³-hybridized carbons (Fsp3) is 0.211. The maximum atomic E-state index is 12.1. The first-order valence-corrected chi connectivity index (χ1v) is 8.30. The molecule has 0 unspecified atom stereocenters. The largest absolute Gasteiger partial charge is 0.480 e. The number of hydrogen-bond donors (Lipinski definition) is 2. The number of benzene rings is 2. The lowest BCUT2D eigenvalue weighted by molar-refractivity contribution is -0.384. The normalized spacial score (nSPS) is 11.3. The second kappa shape index (κ2) is 9.81. The molecule has 0 aliphatic heterocycles. The number of carbonyl (C=O) groups is 3. The van der Waals surface area contributed by atoms with Crippen molar-refractivity contribution in [2.45, 2.75) is 25.5 Å². The Kier molecular flexibility index (Phi) is 7.21. The molecule has 146 valence electrons. The zero-order chi connectivity index (χ0) is 20.5. The number of aliphatic carboxylic acids is 1. The van der Waals surface area contributed by atoms with E-state index in [0.717, 1.165) is 5.56 Å². The summed E-state index contributed by atoms with van der Waals surface area (Å²) in [6.45, 7) is -0.00631. The topological polar surface area (TPSA) is 136 Å². The van der Waals surface area contributed by atoms with Gasteiger partial charge in [-0.05, 0) is 11.1 Å². The van der Waals surface area contributed by atoms with Crippen molar-refractivity contribution in [2.24, 2.45) is 0 Å². The van der Waals surface area contributed by atoms with Crippen molar-refractivity contribution in [3.8, 4) is 0 Å². The molecule has 2 N–H and O–H groups in total. The van der Waals surface area contributed by atoms with Crippen LogP contribution in [0.25, 0.3) is 0 Å². The maximum Gasteiger partial charge on any atom is 0.326 e. The van der Waals surface area contributed by atoms with Crippen LogP contribution in [-0.2, 0) is 32.1 Å². The number of nitro benzene ring substituents is 1. The van der Waals surface area contributed by atoms with E-state index < -0.39 is 35.2 Å². The molecule has 9 nitrogen and oxygen atoms in total. The van der Waals surface area contributed by atoms with Crippen LogP contribution in [0.15, 0.2) is 54.6 Å². The van der Waals surface area contributed by atoms with Gasteiger partial charge in [0.05, 0.1) is 17.8 Å². The highest BCUT2D eigenvalue weighted by molar-refractivity contribution is 5.88. The second-order valence-electron chi connectivity index (χ2n) is 5.91. The quantitative estimate of drug-likeness (QED) is 0.381. The number of nitrogens with zero attached hydrogens (tertiary/aromatic N) is 1. The molecule has 0 fully saturated rings. The van der Waals surface area contributed by atoms with Gasteiger partial charge in [-0.3, -0.25) is 19.7 Å². The number of esters is 1. The van der Waals surface area contributed by atoms with Gasteiger partial charge in [-0.15, -0.1) is 0 Å². The van der Waals surface area contributed by atoms with Crippen LogP contribution in [0.3, 0.4) is 0 Å². The Morgan fingerprint density at radius 3 is 2.39 bits per heavy atom. The molecule has 2 aromatic carbocycles. The van der Waals surface area contributed by atoms with E-state index in [0.29, 0.717) is 5.56 Å². The average Bonchev–Trinajstić information content (AvgIpc) is 2.66. The van der Waals surface area contributed by atoms with Gasteiger partial charge in [0, 0.05) is 12.1 Å². The van der Waals surface area contributed by atoms with Crippen molar-refractivity contribution in [3.63, 3.8) is 0 Å². The summed E-state index contributed by atoms with van der Waals surface area (Å²) in [6.07, 6.45) is -0.798. The van der Waals surface area contributed by atoms with Gasteiger partial charge in [0.2, 0.25) is 5.91 Å². The number of carbonyl (C=O) groups excluding carboxylic acids is 2. The van der Waals surface area contributed by atoms with Crippen molar-refractivity contribution in [2.75, 3.05) is 0 Å². The Morgan fingerprint density at radius 2 is 1.75 bits per heavy atom. The standard InChI is InChI=1S/C19H18N2O7/c22-17(10-14-7-4-8-15(9-14)21(26)27)20-16(19(24)25)11-18(23)28-12-13-5-2-1-3-6-13/h1-9,16H,10-12H2,(H,20,22)(H,24,25)/t16-/m0/s1. The molecular formula is C19H18N2O7. The predicted molar refractivity (Wildman–Crippen MR) is 97.2 cm³/mol. The molecule has 0 aliphatic carbocycles. The third kappa shape index (κ3) is 6.52. The lowest BCUT2D eigenvalue weighted by Crippen LogP contribution is -2.43. The number of carboxylic acids is 1. The first kappa shape index (κ1) is 20.6. The zero-order valence-electron chi connectivity index (χ0n) is 14.7. The molecule has 0 radical (unpaired) electrons. The van der Waals surface area contributed by atoms with E-state index in [1.165, 1.54) is 24.3 Å². The summed E-state index contributed by atoms with van der Waals surface area (Å²) in [7, 11) is 0. The second-order valence-corrected chi connectivity index (χ2v) is 5.91. The minimum absolute atomic E-state index is 0.00631. The van der Waals surface area contributed by atoms with Gasteiger partial charge in [-0.1, -0.05) is 42.5 Å². The van der Waals surface area contributed by atoms with Gasteiger partial charge in [-0.25, -0.2) is 4.79 Å². The Hall–Kier alpha value is -3.75. The summed E-state index contributed by atoms with van der Waals surface area (Å²) in [5, 5.41) is 22.2. The van der Waals surface area contributed by atoms with Crippen molar-refractivity contribution < 1.29 is 29.2 Å². The Bertz CT molecular complexity index is 868. The van der Waals surface area contributed by atoms with Crippen LogP contribution in [0, 0.1) is 10.1 Å². The molecule has 28 heavy (non-hydrogen) atoms. The van der Waals surface area contributed by atoms with Crippen molar-refractivity contribution >= 4 is 23.5 Å². The lowest BCUT2D eigenvalue weighted by Gasteiger charge is -2.14. The molecule has 2 aromatic rings. The van der Waals surface area contributed by atoms with Gasteiger partial charge in [-0.2, -0.15) is 0 Å². The van der Waals surface area contributed by atoms with Gasteiger partial charge < -0.3 is 15.2 Å². The van der Waals surface area contributed by atoms with Crippen LogP contribution in [0.1, 0.15) is 17.5 Å². The van der Waals surface area contributed by atoms with Crippen LogP contribution in [0.2, 0.25) is 0 Å². The fourth-order valence-corrected chi connectivity index (χ4v) is 2.37. The molecule has 0 bridgehead atoms. The number of non-ortho nitro benzene ring substituents is 1. The molecule has 0 saturated heterocycles. The van der Waals surface area contributed by atoms with Gasteiger partial charge >= 0.3 is 11.9 Å². The number of carboxylic acid groups (broad SMARTS) is 1. The number of hydrogen-bond acceptors (Lipinski definition) is 6. The third-order valence-corrected chi connectivity index (χ3v) is 3.73. The number of nitro groups is 1. The first-order chi connectivity index (χ1) is 13.3. The maximum absolute atomic E-state index is 12.1. The minimum atomic E-state index is -1.46.